The Balaban J connectivity index is 1.86. The number of nitrogens with one attached hydrogen (secondary N) is 1. The van der Waals surface area contributed by atoms with Crippen LogP contribution in [-0.4, -0.2) is 18.5 Å². The number of furan rings is 1. The molecule has 0 aliphatic rings. The fourth-order valence-corrected chi connectivity index (χ4v) is 2.98. The van der Waals surface area contributed by atoms with Gasteiger partial charge in [0.05, 0.1) is 12.2 Å². The van der Waals surface area contributed by atoms with Gasteiger partial charge in [0.15, 0.2) is 5.76 Å². The number of hydrogen-bond donors (Lipinski definition) is 1. The maximum absolute atomic E-state index is 12.7. The molecule has 0 fully saturated rings. The van der Waals surface area contributed by atoms with E-state index in [0.29, 0.717) is 23.6 Å². The summed E-state index contributed by atoms with van der Waals surface area (Å²) in [6, 6.07) is 10.6. The summed E-state index contributed by atoms with van der Waals surface area (Å²) in [7, 11) is 0. The number of esters is 1. The van der Waals surface area contributed by atoms with E-state index in [9.17, 15) is 9.59 Å². The summed E-state index contributed by atoms with van der Waals surface area (Å²) in [5.74, 6) is -0.405. The summed E-state index contributed by atoms with van der Waals surface area (Å²) in [6.45, 7) is 7.92. The zero-order valence-corrected chi connectivity index (χ0v) is 15.3. The highest BCUT2D eigenvalue weighted by Gasteiger charge is 2.20. The third kappa shape index (κ3) is 3.20. The lowest BCUT2D eigenvalue weighted by Crippen LogP contribution is -2.12. The van der Waals surface area contributed by atoms with Crippen LogP contribution in [-0.2, 0) is 4.74 Å². The molecule has 0 aliphatic carbocycles. The largest absolute Gasteiger partial charge is 0.462 e. The Kier molecular flexibility index (Phi) is 4.80. The fourth-order valence-electron chi connectivity index (χ4n) is 2.98. The molecular weight excluding hydrogens is 330 g/mol. The van der Waals surface area contributed by atoms with Gasteiger partial charge in [-0.1, -0.05) is 12.1 Å². The van der Waals surface area contributed by atoms with Gasteiger partial charge in [-0.2, -0.15) is 0 Å². The molecule has 3 aromatic rings. The zero-order chi connectivity index (χ0) is 18.8. The summed E-state index contributed by atoms with van der Waals surface area (Å²) >= 11 is 0. The Labute approximate surface area is 152 Å². The van der Waals surface area contributed by atoms with E-state index in [-0.39, 0.29) is 11.9 Å². The lowest BCUT2D eigenvalue weighted by molar-refractivity contribution is 0.0526. The van der Waals surface area contributed by atoms with Gasteiger partial charge in [-0.05, 0) is 63.1 Å². The van der Waals surface area contributed by atoms with Gasteiger partial charge in [-0.15, -0.1) is 0 Å². The number of ether oxygens (including phenoxy) is 1. The summed E-state index contributed by atoms with van der Waals surface area (Å²) in [4.78, 5) is 24.3. The Morgan fingerprint density at radius 1 is 1.00 bits per heavy atom. The van der Waals surface area contributed by atoms with Crippen molar-refractivity contribution >= 4 is 28.5 Å². The van der Waals surface area contributed by atoms with Crippen molar-refractivity contribution in [3.05, 3.63) is 64.4 Å². The molecule has 0 radical (unpaired) electrons. The van der Waals surface area contributed by atoms with Gasteiger partial charge in [0.2, 0.25) is 0 Å². The summed E-state index contributed by atoms with van der Waals surface area (Å²) in [6.07, 6.45) is 0. The standard InChI is InChI=1S/C21H21NO4/c1-5-25-21(24)15-8-10-16(11-9-15)22-20(23)19-14(4)17-12(2)6-7-13(3)18(17)26-19/h6-11H,5H2,1-4H3,(H,22,23). The average molecular weight is 351 g/mol. The average Bonchev–Trinajstić information content (AvgIpc) is 2.98. The second kappa shape index (κ2) is 7.04. The van der Waals surface area contributed by atoms with Crippen LogP contribution in [0.15, 0.2) is 40.8 Å². The number of benzene rings is 2. The van der Waals surface area contributed by atoms with Crippen molar-refractivity contribution in [1.29, 1.82) is 0 Å². The molecule has 0 bridgehead atoms. The van der Waals surface area contributed by atoms with Crippen LogP contribution in [0.1, 0.15) is 44.5 Å². The minimum Gasteiger partial charge on any atom is -0.462 e. The maximum Gasteiger partial charge on any atom is 0.338 e. The molecule has 134 valence electrons. The topological polar surface area (TPSA) is 68.5 Å². The van der Waals surface area contributed by atoms with Crippen molar-refractivity contribution in [1.82, 2.24) is 0 Å². The highest BCUT2D eigenvalue weighted by molar-refractivity contribution is 6.07. The molecule has 26 heavy (non-hydrogen) atoms. The normalized spacial score (nSPS) is 10.8. The second-order valence-electron chi connectivity index (χ2n) is 6.21. The van der Waals surface area contributed by atoms with Gasteiger partial charge >= 0.3 is 5.97 Å². The molecule has 5 heteroatoms. The summed E-state index contributed by atoms with van der Waals surface area (Å²) in [5.41, 5.74) is 4.65. The second-order valence-corrected chi connectivity index (χ2v) is 6.21. The van der Waals surface area contributed by atoms with Crippen molar-refractivity contribution < 1.29 is 18.7 Å². The van der Waals surface area contributed by atoms with Crippen LogP contribution >= 0.6 is 0 Å². The lowest BCUT2D eigenvalue weighted by atomic mass is 10.0. The first-order valence-corrected chi connectivity index (χ1v) is 8.50. The molecule has 0 saturated heterocycles. The fraction of sp³-hybridized carbons (Fsp3) is 0.238. The monoisotopic (exact) mass is 351 g/mol. The first-order valence-electron chi connectivity index (χ1n) is 8.50. The van der Waals surface area contributed by atoms with Gasteiger partial charge in [0.1, 0.15) is 5.58 Å². The van der Waals surface area contributed by atoms with Crippen LogP contribution < -0.4 is 5.32 Å². The van der Waals surface area contributed by atoms with Crippen LogP contribution in [0.25, 0.3) is 11.0 Å². The van der Waals surface area contributed by atoms with Crippen LogP contribution in [0.5, 0.6) is 0 Å². The molecule has 5 nitrogen and oxygen atoms in total. The Hall–Kier alpha value is -3.08. The van der Waals surface area contributed by atoms with Gasteiger partial charge < -0.3 is 14.5 Å². The Bertz CT molecular complexity index is 983. The predicted octanol–water partition coefficient (Wildman–Crippen LogP) is 4.79. The number of hydrogen-bond acceptors (Lipinski definition) is 4. The Morgan fingerprint density at radius 2 is 1.65 bits per heavy atom. The molecule has 0 saturated carbocycles. The maximum atomic E-state index is 12.7. The van der Waals surface area contributed by atoms with E-state index in [2.05, 4.69) is 5.32 Å². The van der Waals surface area contributed by atoms with E-state index < -0.39 is 0 Å². The molecule has 1 N–H and O–H groups in total. The zero-order valence-electron chi connectivity index (χ0n) is 15.3. The van der Waals surface area contributed by atoms with Gasteiger partial charge in [-0.3, -0.25) is 4.79 Å². The number of aryl methyl sites for hydroxylation is 3. The summed E-state index contributed by atoms with van der Waals surface area (Å²) < 4.78 is 10.8. The molecule has 0 atom stereocenters. The third-order valence-corrected chi connectivity index (χ3v) is 4.34. The van der Waals surface area contributed by atoms with E-state index in [1.54, 1.807) is 31.2 Å². The summed E-state index contributed by atoms with van der Waals surface area (Å²) in [5, 5.41) is 3.79. The Morgan fingerprint density at radius 3 is 2.27 bits per heavy atom. The first-order chi connectivity index (χ1) is 12.4. The predicted molar refractivity (Wildman–Crippen MR) is 101 cm³/mol. The van der Waals surface area contributed by atoms with Crippen molar-refractivity contribution in [3.8, 4) is 0 Å². The lowest BCUT2D eigenvalue weighted by Gasteiger charge is -2.06. The van der Waals surface area contributed by atoms with Crippen LogP contribution in [0.3, 0.4) is 0 Å². The number of carbonyl (C=O) groups is 2. The van der Waals surface area contributed by atoms with Crippen LogP contribution in [0.4, 0.5) is 5.69 Å². The van der Waals surface area contributed by atoms with Crippen LogP contribution in [0, 0.1) is 20.8 Å². The molecule has 3 rings (SSSR count). The van der Waals surface area contributed by atoms with Gasteiger partial charge in [0.25, 0.3) is 5.91 Å². The quantitative estimate of drug-likeness (QED) is 0.686. The van der Waals surface area contributed by atoms with Crippen molar-refractivity contribution in [2.24, 2.45) is 0 Å². The molecule has 0 unspecified atom stereocenters. The van der Waals surface area contributed by atoms with E-state index in [4.69, 9.17) is 9.15 Å². The molecule has 0 spiro atoms. The number of amides is 1. The van der Waals surface area contributed by atoms with E-state index in [1.165, 1.54) is 0 Å². The van der Waals surface area contributed by atoms with Gasteiger partial charge in [-0.25, -0.2) is 4.79 Å². The van der Waals surface area contributed by atoms with Gasteiger partial charge in [0, 0.05) is 16.6 Å². The highest BCUT2D eigenvalue weighted by Crippen LogP contribution is 2.31. The minimum absolute atomic E-state index is 0.298. The number of rotatable bonds is 4. The molecular formula is C21H21NO4. The van der Waals surface area contributed by atoms with E-state index >= 15 is 0 Å². The molecule has 1 aromatic heterocycles. The number of carbonyl (C=O) groups excluding carboxylic acids is 2. The van der Waals surface area contributed by atoms with Crippen LogP contribution in [0.2, 0.25) is 0 Å². The van der Waals surface area contributed by atoms with Crippen molar-refractivity contribution in [2.45, 2.75) is 27.7 Å². The van der Waals surface area contributed by atoms with Crippen molar-refractivity contribution in [3.63, 3.8) is 0 Å². The number of fused-ring (bicyclic) bond motifs is 1. The molecule has 2 aromatic carbocycles. The third-order valence-electron chi connectivity index (χ3n) is 4.34. The minimum atomic E-state index is -0.385. The van der Waals surface area contributed by atoms with Crippen molar-refractivity contribution in [2.75, 3.05) is 11.9 Å². The SMILES string of the molecule is CCOC(=O)c1ccc(NC(=O)c2oc3c(C)ccc(C)c3c2C)cc1. The molecule has 1 heterocycles. The van der Waals surface area contributed by atoms with E-state index in [0.717, 1.165) is 27.7 Å². The smallest absolute Gasteiger partial charge is 0.338 e. The van der Waals surface area contributed by atoms with E-state index in [1.807, 2.05) is 32.9 Å². The molecule has 0 aliphatic heterocycles. The number of anilines is 1. The highest BCUT2D eigenvalue weighted by atomic mass is 16.5. The molecule has 1 amide bonds. The first kappa shape index (κ1) is 17.7.